The van der Waals surface area contributed by atoms with E-state index in [1.165, 1.54) is 19.8 Å². The zero-order valence-electron chi connectivity index (χ0n) is 26.7. The minimum Gasteiger partial charge on any atom is -0.443 e. The Bertz CT molecular complexity index is 1270. The van der Waals surface area contributed by atoms with Gasteiger partial charge in [-0.2, -0.15) is 26.3 Å². The lowest BCUT2D eigenvalue weighted by atomic mass is 9.81. The Morgan fingerprint density at radius 3 is 2.02 bits per heavy atom. The molecule has 262 valence electrons. The van der Waals surface area contributed by atoms with Crippen molar-refractivity contribution in [1.82, 2.24) is 21.5 Å². The minimum atomic E-state index is -4.97. The maximum absolute atomic E-state index is 13.4. The number of amides is 3. The Kier molecular flexibility index (Phi) is 12.9. The van der Waals surface area contributed by atoms with Crippen LogP contribution in [0.4, 0.5) is 35.9 Å². The molecule has 0 radical (unpaired) electrons. The number of alkyl halides is 6. The monoisotopic (exact) mass is 676 g/mol. The Balaban J connectivity index is 0.00000109. The first-order chi connectivity index (χ1) is 21.9. The van der Waals surface area contributed by atoms with E-state index in [-0.39, 0.29) is 30.8 Å². The summed E-state index contributed by atoms with van der Waals surface area (Å²) < 4.78 is 96.1. The highest BCUT2D eigenvalue weighted by Gasteiger charge is 2.40. The van der Waals surface area contributed by atoms with Gasteiger partial charge in [-0.3, -0.25) is 0 Å². The van der Waals surface area contributed by atoms with Gasteiger partial charge in [0.05, 0.1) is 29.4 Å². The molecule has 3 atom stereocenters. The Labute approximate surface area is 270 Å². The van der Waals surface area contributed by atoms with Crippen molar-refractivity contribution in [3.8, 4) is 0 Å². The first-order valence-electron chi connectivity index (χ1n) is 15.2. The first-order valence-corrected chi connectivity index (χ1v) is 15.2. The fraction of sp³-hybridized carbons (Fsp3) is 0.562. The number of carbonyl (C=O) groups is 2. The lowest BCUT2D eigenvalue weighted by Gasteiger charge is -2.42. The van der Waals surface area contributed by atoms with Crippen molar-refractivity contribution in [2.24, 2.45) is 0 Å². The summed E-state index contributed by atoms with van der Waals surface area (Å²) in [6.07, 6.45) is -8.47. The third-order valence-electron chi connectivity index (χ3n) is 7.43. The second-order valence-electron chi connectivity index (χ2n) is 12.4. The average molecular weight is 677 g/mol. The van der Waals surface area contributed by atoms with Crippen molar-refractivity contribution in [2.45, 2.75) is 89.0 Å². The van der Waals surface area contributed by atoms with E-state index in [0.717, 1.165) is 18.8 Å². The molecule has 0 aromatic heterocycles. The van der Waals surface area contributed by atoms with E-state index in [1.807, 2.05) is 12.1 Å². The van der Waals surface area contributed by atoms with E-state index in [0.29, 0.717) is 25.0 Å². The maximum atomic E-state index is 13.4. The van der Waals surface area contributed by atoms with Gasteiger partial charge < -0.3 is 24.8 Å². The van der Waals surface area contributed by atoms with Gasteiger partial charge in [-0.1, -0.05) is 30.3 Å². The summed E-state index contributed by atoms with van der Waals surface area (Å²) in [5.41, 5.74) is 0.469. The van der Waals surface area contributed by atoms with E-state index in [1.54, 1.807) is 39.0 Å². The highest BCUT2D eigenvalue weighted by Crippen LogP contribution is 2.39. The standard InChI is InChI=1S/C28H34F6N4O4.C4H8O/c1-17(18-12-20(27(29,30)31)14-21(13-18)28(32,33)34)41-16-26(19-8-6-5-7-9-19)11-10-22(15-35-26)36-23(39)37-38-24(40)42-25(2,3)4;1-2-4-5-3-1/h5-9,12-14,17,22,35H,10-11,15-16H2,1-4H3,(H,38,40)(H2,36,37,39);1-4H2/t17-,22+,26-;/m1./s1. The molecule has 2 aromatic carbocycles. The zero-order valence-corrected chi connectivity index (χ0v) is 26.7. The van der Waals surface area contributed by atoms with E-state index >= 15 is 0 Å². The van der Waals surface area contributed by atoms with Crippen LogP contribution in [0.2, 0.25) is 0 Å². The first kappa shape index (κ1) is 37.9. The predicted molar refractivity (Wildman–Crippen MR) is 161 cm³/mol. The maximum Gasteiger partial charge on any atom is 0.426 e. The Hall–Kier alpha value is -3.56. The number of urea groups is 1. The van der Waals surface area contributed by atoms with Crippen LogP contribution < -0.4 is 21.5 Å². The molecule has 0 spiro atoms. The van der Waals surface area contributed by atoms with E-state index in [9.17, 15) is 35.9 Å². The van der Waals surface area contributed by atoms with Gasteiger partial charge in [0.25, 0.3) is 0 Å². The van der Waals surface area contributed by atoms with E-state index in [4.69, 9.17) is 14.2 Å². The number of carbonyl (C=O) groups excluding carboxylic acids is 2. The van der Waals surface area contributed by atoms with Crippen molar-refractivity contribution >= 4 is 12.1 Å². The number of hydrogen-bond donors (Lipinski definition) is 4. The molecule has 4 rings (SSSR count). The third kappa shape index (κ3) is 12.2. The van der Waals surface area contributed by atoms with Crippen molar-refractivity contribution in [2.75, 3.05) is 26.4 Å². The van der Waals surface area contributed by atoms with Crippen molar-refractivity contribution in [3.63, 3.8) is 0 Å². The number of halogens is 6. The minimum absolute atomic E-state index is 0.0745. The van der Waals surface area contributed by atoms with Gasteiger partial charge in [0.2, 0.25) is 0 Å². The average Bonchev–Trinajstić information content (AvgIpc) is 3.59. The molecule has 2 aromatic rings. The normalized spacial score (nSPS) is 20.8. The number of hydrogen-bond acceptors (Lipinski definition) is 6. The quantitative estimate of drug-likeness (QED) is 0.194. The summed E-state index contributed by atoms with van der Waals surface area (Å²) in [6.45, 7) is 8.59. The van der Waals surface area contributed by atoms with Crippen molar-refractivity contribution in [1.29, 1.82) is 0 Å². The predicted octanol–water partition coefficient (Wildman–Crippen LogP) is 6.99. The number of rotatable bonds is 6. The van der Waals surface area contributed by atoms with Crippen molar-refractivity contribution in [3.05, 3.63) is 70.8 Å². The molecule has 0 bridgehead atoms. The fourth-order valence-electron chi connectivity index (χ4n) is 4.98. The van der Waals surface area contributed by atoms with Crippen LogP contribution in [0.15, 0.2) is 48.5 Å². The van der Waals surface area contributed by atoms with Gasteiger partial charge in [0.1, 0.15) is 5.60 Å². The molecule has 2 fully saturated rings. The number of hydrazine groups is 1. The van der Waals surface area contributed by atoms with Crippen LogP contribution in [0.5, 0.6) is 0 Å². The topological polar surface area (TPSA) is 110 Å². The van der Waals surface area contributed by atoms with Gasteiger partial charge in [0.15, 0.2) is 0 Å². The van der Waals surface area contributed by atoms with Gasteiger partial charge in [0, 0.05) is 25.8 Å². The van der Waals surface area contributed by atoms with Crippen molar-refractivity contribution < 1.29 is 50.1 Å². The second-order valence-corrected chi connectivity index (χ2v) is 12.4. The molecule has 2 heterocycles. The molecule has 4 N–H and O–H groups in total. The molecule has 3 amide bonds. The number of piperidine rings is 1. The zero-order chi connectivity index (χ0) is 34.9. The third-order valence-corrected chi connectivity index (χ3v) is 7.43. The SMILES string of the molecule is C1CCOC1.C[C@@H](OC[C@@]1(c2ccccc2)CC[C@H](NC(=O)NNC(=O)OC(C)(C)C)CN1)c1cc(C(F)(F)F)cc(C(F)(F)F)c1. The molecule has 15 heteroatoms. The molecule has 2 aliphatic heterocycles. The smallest absolute Gasteiger partial charge is 0.426 e. The highest BCUT2D eigenvalue weighted by molar-refractivity contribution is 5.77. The van der Waals surface area contributed by atoms with E-state index in [2.05, 4.69) is 21.5 Å². The summed E-state index contributed by atoms with van der Waals surface area (Å²) in [4.78, 5) is 24.0. The number of nitrogens with one attached hydrogen (secondary N) is 4. The lowest BCUT2D eigenvalue weighted by molar-refractivity contribution is -0.143. The van der Waals surface area contributed by atoms with Crippen LogP contribution in [-0.2, 0) is 32.1 Å². The Morgan fingerprint density at radius 2 is 1.55 bits per heavy atom. The highest BCUT2D eigenvalue weighted by atomic mass is 19.4. The van der Waals surface area contributed by atoms with Gasteiger partial charge in [-0.25, -0.2) is 20.4 Å². The molecular weight excluding hydrogens is 634 g/mol. The van der Waals surface area contributed by atoms with Crippen LogP contribution in [0.1, 0.15) is 81.7 Å². The van der Waals surface area contributed by atoms with Gasteiger partial charge >= 0.3 is 24.5 Å². The van der Waals surface area contributed by atoms with Crippen LogP contribution in [0.25, 0.3) is 0 Å². The summed E-state index contributed by atoms with van der Waals surface area (Å²) in [6, 6.07) is 9.42. The molecule has 2 aliphatic rings. The van der Waals surface area contributed by atoms with Gasteiger partial charge in [-0.05, 0) is 82.7 Å². The van der Waals surface area contributed by atoms with Gasteiger partial charge in [-0.15, -0.1) is 0 Å². The molecule has 0 saturated carbocycles. The summed E-state index contributed by atoms with van der Waals surface area (Å²) >= 11 is 0. The molecule has 47 heavy (non-hydrogen) atoms. The molecule has 0 unspecified atom stereocenters. The number of benzene rings is 2. The summed E-state index contributed by atoms with van der Waals surface area (Å²) in [7, 11) is 0. The van der Waals surface area contributed by atoms with Crippen LogP contribution in [0, 0.1) is 0 Å². The molecule has 0 aliphatic carbocycles. The largest absolute Gasteiger partial charge is 0.443 e. The Morgan fingerprint density at radius 1 is 0.957 bits per heavy atom. The molecular formula is C32H42F6N4O5. The number of ether oxygens (including phenoxy) is 3. The second kappa shape index (κ2) is 16.0. The van der Waals surface area contributed by atoms with Crippen LogP contribution in [-0.4, -0.2) is 50.1 Å². The van der Waals surface area contributed by atoms with Crippen LogP contribution in [0.3, 0.4) is 0 Å². The molecule has 2 saturated heterocycles. The van der Waals surface area contributed by atoms with E-state index < -0.39 is 52.8 Å². The lowest BCUT2D eigenvalue weighted by Crippen LogP contribution is -2.59. The molecule has 9 nitrogen and oxygen atoms in total. The summed E-state index contributed by atoms with van der Waals surface area (Å²) in [5.74, 6) is 0. The van der Waals surface area contributed by atoms with Crippen LogP contribution >= 0.6 is 0 Å². The summed E-state index contributed by atoms with van der Waals surface area (Å²) in [5, 5.41) is 6.06. The fourth-order valence-corrected chi connectivity index (χ4v) is 4.98.